The molecular formula is C9H14O3. The monoisotopic (exact) mass is 170 g/mol. The summed E-state index contributed by atoms with van der Waals surface area (Å²) in [6.07, 6.45) is 1.54. The Balaban J connectivity index is 2.82. The minimum Gasteiger partial charge on any atom is -0.387 e. The van der Waals surface area contributed by atoms with Crippen LogP contribution in [0.2, 0.25) is 0 Å². The maximum absolute atomic E-state index is 10.9. The van der Waals surface area contributed by atoms with Crippen molar-refractivity contribution in [3.8, 4) is 0 Å². The van der Waals surface area contributed by atoms with E-state index in [-0.39, 0.29) is 5.78 Å². The van der Waals surface area contributed by atoms with E-state index in [2.05, 4.69) is 0 Å². The summed E-state index contributed by atoms with van der Waals surface area (Å²) in [6, 6.07) is 0. The molecular weight excluding hydrogens is 156 g/mol. The molecule has 1 aliphatic carbocycles. The molecule has 0 amide bonds. The molecule has 3 heteroatoms. The first kappa shape index (κ1) is 9.42. The molecule has 0 aliphatic heterocycles. The fourth-order valence-corrected chi connectivity index (χ4v) is 1.28. The van der Waals surface area contributed by atoms with Gasteiger partial charge in [0.15, 0.2) is 5.78 Å². The molecule has 0 radical (unpaired) electrons. The Morgan fingerprint density at radius 2 is 2.33 bits per heavy atom. The van der Waals surface area contributed by atoms with Crippen molar-refractivity contribution >= 4 is 5.78 Å². The van der Waals surface area contributed by atoms with Crippen LogP contribution in [0.1, 0.15) is 26.7 Å². The lowest BCUT2D eigenvalue weighted by Crippen LogP contribution is -2.41. The normalized spacial score (nSPS) is 36.0. The van der Waals surface area contributed by atoms with E-state index < -0.39 is 11.7 Å². The lowest BCUT2D eigenvalue weighted by Gasteiger charge is -2.31. The molecule has 68 valence electrons. The van der Waals surface area contributed by atoms with Gasteiger partial charge < -0.3 is 10.2 Å². The fourth-order valence-electron chi connectivity index (χ4n) is 1.28. The summed E-state index contributed by atoms with van der Waals surface area (Å²) in [7, 11) is 0. The van der Waals surface area contributed by atoms with Gasteiger partial charge in [-0.3, -0.25) is 4.79 Å². The molecule has 0 saturated heterocycles. The van der Waals surface area contributed by atoms with Crippen LogP contribution in [-0.4, -0.2) is 27.7 Å². The number of Topliss-reactive ketones (excluding diaryl/α,β-unsaturated/α-hetero) is 1. The minimum atomic E-state index is -1.07. The Labute approximate surface area is 71.7 Å². The van der Waals surface area contributed by atoms with Crippen molar-refractivity contribution in [2.75, 3.05) is 0 Å². The average Bonchev–Trinajstić information content (AvgIpc) is 1.94. The lowest BCUT2D eigenvalue weighted by atomic mass is 9.84. The van der Waals surface area contributed by atoms with E-state index in [9.17, 15) is 15.0 Å². The maximum atomic E-state index is 10.9. The summed E-state index contributed by atoms with van der Waals surface area (Å²) in [5.74, 6) is -0.0236. The molecule has 0 fully saturated rings. The number of aliphatic hydroxyl groups excluding tert-OH is 1. The molecule has 0 unspecified atom stereocenters. The molecule has 0 spiro atoms. The van der Waals surface area contributed by atoms with Crippen molar-refractivity contribution in [3.63, 3.8) is 0 Å². The number of hydrogen-bond acceptors (Lipinski definition) is 3. The highest BCUT2D eigenvalue weighted by Gasteiger charge is 2.33. The van der Waals surface area contributed by atoms with Gasteiger partial charge in [0, 0.05) is 0 Å². The van der Waals surface area contributed by atoms with E-state index in [1.54, 1.807) is 6.92 Å². The summed E-state index contributed by atoms with van der Waals surface area (Å²) >= 11 is 0. The molecule has 1 aliphatic rings. The number of rotatable bonds is 1. The van der Waals surface area contributed by atoms with Crippen molar-refractivity contribution in [3.05, 3.63) is 11.6 Å². The Morgan fingerprint density at radius 3 is 2.75 bits per heavy atom. The Hall–Kier alpha value is -0.670. The molecule has 2 N–H and O–H groups in total. The van der Waals surface area contributed by atoms with Crippen LogP contribution >= 0.6 is 0 Å². The van der Waals surface area contributed by atoms with E-state index >= 15 is 0 Å². The Morgan fingerprint density at radius 1 is 1.75 bits per heavy atom. The van der Waals surface area contributed by atoms with Gasteiger partial charge in [0.2, 0.25) is 0 Å². The van der Waals surface area contributed by atoms with E-state index in [0.717, 1.165) is 0 Å². The van der Waals surface area contributed by atoms with Crippen LogP contribution in [0, 0.1) is 0 Å². The van der Waals surface area contributed by atoms with Crippen LogP contribution in [0.15, 0.2) is 11.6 Å². The van der Waals surface area contributed by atoms with Crippen LogP contribution in [-0.2, 0) is 4.79 Å². The highest BCUT2D eigenvalue weighted by atomic mass is 16.3. The molecule has 0 aromatic carbocycles. The van der Waals surface area contributed by atoms with Gasteiger partial charge in [-0.05, 0) is 38.3 Å². The van der Waals surface area contributed by atoms with E-state index in [0.29, 0.717) is 18.4 Å². The minimum absolute atomic E-state index is 0.0236. The third kappa shape index (κ3) is 1.73. The zero-order valence-electron chi connectivity index (χ0n) is 7.37. The second-order valence-electron chi connectivity index (χ2n) is 3.55. The highest BCUT2D eigenvalue weighted by molar-refractivity contribution is 5.93. The molecule has 2 atom stereocenters. The SMILES string of the molecule is CC(=O)C1=C[C@@H](O)[C@](C)(O)CC1. The lowest BCUT2D eigenvalue weighted by molar-refractivity contribution is -0.114. The predicted octanol–water partition coefficient (Wildman–Crippen LogP) is 0.407. The molecule has 1 rings (SSSR count). The number of allylic oxidation sites excluding steroid dienone is 1. The zero-order valence-corrected chi connectivity index (χ0v) is 7.37. The predicted molar refractivity (Wildman–Crippen MR) is 44.6 cm³/mol. The van der Waals surface area contributed by atoms with Gasteiger partial charge in [-0.15, -0.1) is 0 Å². The van der Waals surface area contributed by atoms with Gasteiger partial charge in [0.25, 0.3) is 0 Å². The number of carbonyl (C=O) groups is 1. The fraction of sp³-hybridized carbons (Fsp3) is 0.667. The second kappa shape index (κ2) is 2.99. The van der Waals surface area contributed by atoms with Gasteiger partial charge in [-0.25, -0.2) is 0 Å². The molecule has 3 nitrogen and oxygen atoms in total. The molecule has 12 heavy (non-hydrogen) atoms. The van der Waals surface area contributed by atoms with Crippen molar-refractivity contribution in [2.24, 2.45) is 0 Å². The first-order valence-electron chi connectivity index (χ1n) is 4.05. The second-order valence-corrected chi connectivity index (χ2v) is 3.55. The molecule has 0 bridgehead atoms. The third-order valence-electron chi connectivity index (χ3n) is 2.35. The largest absolute Gasteiger partial charge is 0.387 e. The number of ketones is 1. The molecule has 0 heterocycles. The smallest absolute Gasteiger partial charge is 0.155 e. The van der Waals surface area contributed by atoms with Gasteiger partial charge in [0.05, 0.1) is 5.60 Å². The summed E-state index contributed by atoms with van der Waals surface area (Å²) in [5, 5.41) is 18.9. The van der Waals surface area contributed by atoms with Gasteiger partial charge in [0.1, 0.15) is 6.10 Å². The molecule has 0 aromatic heterocycles. The van der Waals surface area contributed by atoms with Crippen LogP contribution < -0.4 is 0 Å². The first-order chi connectivity index (χ1) is 5.43. The first-order valence-corrected chi connectivity index (χ1v) is 4.05. The zero-order chi connectivity index (χ0) is 9.35. The highest BCUT2D eigenvalue weighted by Crippen LogP contribution is 2.27. The summed E-state index contributed by atoms with van der Waals surface area (Å²) < 4.78 is 0. The van der Waals surface area contributed by atoms with E-state index in [1.807, 2.05) is 0 Å². The topological polar surface area (TPSA) is 57.5 Å². The van der Waals surface area contributed by atoms with Crippen molar-refractivity contribution < 1.29 is 15.0 Å². The van der Waals surface area contributed by atoms with Crippen molar-refractivity contribution in [2.45, 2.75) is 38.4 Å². The Kier molecular flexibility index (Phi) is 2.35. The average molecular weight is 170 g/mol. The third-order valence-corrected chi connectivity index (χ3v) is 2.35. The van der Waals surface area contributed by atoms with Crippen LogP contribution in [0.4, 0.5) is 0 Å². The van der Waals surface area contributed by atoms with Crippen LogP contribution in [0.5, 0.6) is 0 Å². The Bertz CT molecular complexity index is 228. The quantitative estimate of drug-likeness (QED) is 0.599. The summed E-state index contributed by atoms with van der Waals surface area (Å²) in [5.41, 5.74) is -0.451. The maximum Gasteiger partial charge on any atom is 0.155 e. The molecule has 0 saturated carbocycles. The standard InChI is InChI=1S/C9H14O3/c1-6(10)7-3-4-9(2,12)8(11)5-7/h5,8,11-12H,3-4H2,1-2H3/t8-,9-/m1/s1. The van der Waals surface area contributed by atoms with Gasteiger partial charge in [-0.2, -0.15) is 0 Å². The van der Waals surface area contributed by atoms with Crippen molar-refractivity contribution in [1.29, 1.82) is 0 Å². The van der Waals surface area contributed by atoms with Crippen molar-refractivity contribution in [1.82, 2.24) is 0 Å². The van der Waals surface area contributed by atoms with Crippen LogP contribution in [0.3, 0.4) is 0 Å². The molecule has 0 aromatic rings. The van der Waals surface area contributed by atoms with Crippen LogP contribution in [0.25, 0.3) is 0 Å². The van der Waals surface area contributed by atoms with E-state index in [1.165, 1.54) is 13.0 Å². The summed E-state index contributed by atoms with van der Waals surface area (Å²) in [6.45, 7) is 3.05. The summed E-state index contributed by atoms with van der Waals surface area (Å²) in [4.78, 5) is 10.9. The number of aliphatic hydroxyl groups is 2. The van der Waals surface area contributed by atoms with Gasteiger partial charge >= 0.3 is 0 Å². The van der Waals surface area contributed by atoms with E-state index in [4.69, 9.17) is 0 Å². The van der Waals surface area contributed by atoms with Gasteiger partial charge in [-0.1, -0.05) is 0 Å². The number of hydrogen-bond donors (Lipinski definition) is 2. The number of carbonyl (C=O) groups excluding carboxylic acids is 1.